The van der Waals surface area contributed by atoms with Gasteiger partial charge in [-0.1, -0.05) is 13.8 Å². The number of nitrogens with zero attached hydrogens (tertiary/aromatic N) is 1. The molecule has 8 nitrogen and oxygen atoms in total. The normalized spacial score (nSPS) is 32.4. The molecule has 0 spiro atoms. The average Bonchev–Trinajstić information content (AvgIpc) is 2.73. The molecule has 0 aliphatic carbocycles. The van der Waals surface area contributed by atoms with Crippen molar-refractivity contribution in [3.8, 4) is 0 Å². The maximum absolute atomic E-state index is 11.7. The predicted molar refractivity (Wildman–Crippen MR) is 70.8 cm³/mol. The first-order valence-electron chi connectivity index (χ1n) is 6.83. The summed E-state index contributed by atoms with van der Waals surface area (Å²) >= 11 is 0. The Balaban J connectivity index is 1.97. The van der Waals surface area contributed by atoms with E-state index in [1.807, 2.05) is 0 Å². The Hall–Kier alpha value is -1.64. The van der Waals surface area contributed by atoms with Crippen molar-refractivity contribution >= 4 is 12.0 Å². The Morgan fingerprint density at radius 2 is 2.24 bits per heavy atom. The minimum absolute atomic E-state index is 0.176. The molecule has 0 aromatic rings. The minimum Gasteiger partial charge on any atom is -0.463 e. The second-order valence-electron chi connectivity index (χ2n) is 5.31. The molecule has 0 bridgehead atoms. The van der Waals surface area contributed by atoms with Crippen LogP contribution >= 0.6 is 0 Å². The van der Waals surface area contributed by atoms with Gasteiger partial charge in [0.05, 0.1) is 5.92 Å². The number of aliphatic hydroxyl groups excluding tert-OH is 2. The molecule has 2 aliphatic rings. The lowest BCUT2D eigenvalue weighted by atomic mass is 10.1. The number of ether oxygens (including phenoxy) is 2. The van der Waals surface area contributed by atoms with Crippen LogP contribution in [0.1, 0.15) is 13.8 Å². The number of hydrogen-bond acceptors (Lipinski definition) is 6. The third-order valence-corrected chi connectivity index (χ3v) is 3.34. The van der Waals surface area contributed by atoms with Crippen LogP contribution in [0.3, 0.4) is 0 Å². The van der Waals surface area contributed by atoms with Gasteiger partial charge in [-0.3, -0.25) is 9.69 Å². The van der Waals surface area contributed by atoms with Gasteiger partial charge in [0.1, 0.15) is 24.9 Å². The summed E-state index contributed by atoms with van der Waals surface area (Å²) in [4.78, 5) is 24.3. The highest BCUT2D eigenvalue weighted by Gasteiger charge is 2.47. The van der Waals surface area contributed by atoms with Crippen LogP contribution in [0.15, 0.2) is 12.3 Å². The number of aliphatic hydroxyl groups is 2. The van der Waals surface area contributed by atoms with Gasteiger partial charge in [0.25, 0.3) is 0 Å². The summed E-state index contributed by atoms with van der Waals surface area (Å²) in [5.74, 6) is -0.709. The van der Waals surface area contributed by atoms with Crippen LogP contribution < -0.4 is 5.32 Å². The molecular formula is C13H20N2O6. The fourth-order valence-corrected chi connectivity index (χ4v) is 2.10. The van der Waals surface area contributed by atoms with Crippen LogP contribution in [-0.4, -0.2) is 64.8 Å². The van der Waals surface area contributed by atoms with E-state index in [4.69, 9.17) is 9.47 Å². The van der Waals surface area contributed by atoms with Crippen molar-refractivity contribution in [2.75, 3.05) is 13.2 Å². The van der Waals surface area contributed by atoms with E-state index < -0.39 is 36.5 Å². The maximum atomic E-state index is 11.7. The smallest absolute Gasteiger partial charge is 0.323 e. The molecule has 2 aliphatic heterocycles. The van der Waals surface area contributed by atoms with E-state index in [2.05, 4.69) is 5.32 Å². The molecule has 8 heteroatoms. The van der Waals surface area contributed by atoms with Crippen LogP contribution in [0.4, 0.5) is 4.79 Å². The predicted octanol–water partition coefficient (Wildman–Crippen LogP) is -0.829. The molecule has 0 unspecified atom stereocenters. The first-order valence-corrected chi connectivity index (χ1v) is 6.83. The topological polar surface area (TPSA) is 108 Å². The zero-order chi connectivity index (χ0) is 15.6. The van der Waals surface area contributed by atoms with E-state index in [1.54, 1.807) is 19.9 Å². The molecule has 0 saturated carbocycles. The summed E-state index contributed by atoms with van der Waals surface area (Å²) in [7, 11) is 0. The summed E-state index contributed by atoms with van der Waals surface area (Å²) in [6, 6.07) is -0.423. The number of esters is 1. The summed E-state index contributed by atoms with van der Waals surface area (Å²) < 4.78 is 10.5. The molecule has 2 rings (SSSR count). The van der Waals surface area contributed by atoms with E-state index >= 15 is 0 Å². The molecule has 118 valence electrons. The summed E-state index contributed by atoms with van der Waals surface area (Å²) in [6.45, 7) is 3.60. The average molecular weight is 300 g/mol. The number of carbonyl (C=O) groups excluding carboxylic acids is 2. The van der Waals surface area contributed by atoms with Gasteiger partial charge in [-0.2, -0.15) is 0 Å². The van der Waals surface area contributed by atoms with Gasteiger partial charge in [-0.25, -0.2) is 4.79 Å². The van der Waals surface area contributed by atoms with Crippen LogP contribution in [0.2, 0.25) is 0 Å². The molecule has 21 heavy (non-hydrogen) atoms. The van der Waals surface area contributed by atoms with Crippen molar-refractivity contribution in [3.05, 3.63) is 12.3 Å². The Bertz CT molecular complexity index is 438. The first-order chi connectivity index (χ1) is 9.91. The van der Waals surface area contributed by atoms with Crippen molar-refractivity contribution in [2.24, 2.45) is 5.92 Å². The zero-order valence-corrected chi connectivity index (χ0v) is 11.9. The van der Waals surface area contributed by atoms with Gasteiger partial charge < -0.3 is 25.0 Å². The van der Waals surface area contributed by atoms with E-state index in [1.165, 1.54) is 11.1 Å². The number of hydrogen-bond donors (Lipinski definition) is 3. The largest absolute Gasteiger partial charge is 0.463 e. The van der Waals surface area contributed by atoms with Gasteiger partial charge in [0.2, 0.25) is 0 Å². The van der Waals surface area contributed by atoms with Gasteiger partial charge in [-0.15, -0.1) is 0 Å². The van der Waals surface area contributed by atoms with Gasteiger partial charge in [0, 0.05) is 12.7 Å². The lowest BCUT2D eigenvalue weighted by Gasteiger charge is -2.29. The Labute approximate surface area is 122 Å². The Morgan fingerprint density at radius 1 is 1.52 bits per heavy atom. The summed E-state index contributed by atoms with van der Waals surface area (Å²) in [5, 5.41) is 22.5. The number of nitrogens with one attached hydrogen (secondary N) is 1. The van der Waals surface area contributed by atoms with Crippen LogP contribution in [0.5, 0.6) is 0 Å². The molecule has 3 N–H and O–H groups in total. The lowest BCUT2D eigenvalue weighted by Crippen LogP contribution is -2.50. The highest BCUT2D eigenvalue weighted by Crippen LogP contribution is 2.25. The SMILES string of the molecule is CC(C)C(=O)OC[C@H]1O[C@@H](N2C=CCNC2=O)[C@H](O)[C@@H]1O. The van der Waals surface area contributed by atoms with E-state index in [9.17, 15) is 19.8 Å². The minimum atomic E-state index is -1.28. The van der Waals surface area contributed by atoms with Crippen molar-refractivity contribution in [3.63, 3.8) is 0 Å². The van der Waals surface area contributed by atoms with Crippen molar-refractivity contribution in [1.29, 1.82) is 0 Å². The van der Waals surface area contributed by atoms with Gasteiger partial charge in [0.15, 0.2) is 6.23 Å². The molecule has 0 aromatic heterocycles. The standard InChI is InChI=1S/C13H20N2O6/c1-7(2)12(18)20-6-8-9(16)10(17)11(21-8)15-5-3-4-14-13(15)19/h3,5,7-11,16-17H,4,6H2,1-2H3,(H,14,19)/t8-,9-,10-,11-/m1/s1. The maximum Gasteiger partial charge on any atom is 0.323 e. The second-order valence-corrected chi connectivity index (χ2v) is 5.31. The zero-order valence-electron chi connectivity index (χ0n) is 11.9. The molecule has 2 amide bonds. The molecule has 2 heterocycles. The number of amides is 2. The van der Waals surface area contributed by atoms with E-state index in [0.717, 1.165) is 0 Å². The highest BCUT2D eigenvalue weighted by atomic mass is 16.6. The monoisotopic (exact) mass is 300 g/mol. The first kappa shape index (κ1) is 15.7. The van der Waals surface area contributed by atoms with Crippen molar-refractivity contribution < 1.29 is 29.3 Å². The fourth-order valence-electron chi connectivity index (χ4n) is 2.10. The van der Waals surface area contributed by atoms with Crippen LogP contribution in [0, 0.1) is 5.92 Å². The third-order valence-electron chi connectivity index (χ3n) is 3.34. The lowest BCUT2D eigenvalue weighted by molar-refractivity contribution is -0.154. The molecule has 1 saturated heterocycles. The second kappa shape index (κ2) is 6.42. The fraction of sp³-hybridized carbons (Fsp3) is 0.692. The third kappa shape index (κ3) is 3.34. The Morgan fingerprint density at radius 3 is 2.86 bits per heavy atom. The van der Waals surface area contributed by atoms with Crippen molar-refractivity contribution in [2.45, 2.75) is 38.4 Å². The van der Waals surface area contributed by atoms with Crippen LogP contribution in [-0.2, 0) is 14.3 Å². The van der Waals surface area contributed by atoms with E-state index in [-0.39, 0.29) is 12.5 Å². The van der Waals surface area contributed by atoms with Crippen molar-refractivity contribution in [1.82, 2.24) is 10.2 Å². The van der Waals surface area contributed by atoms with Gasteiger partial charge >= 0.3 is 12.0 Å². The highest BCUT2D eigenvalue weighted by molar-refractivity contribution is 5.76. The van der Waals surface area contributed by atoms with Crippen LogP contribution in [0.25, 0.3) is 0 Å². The number of rotatable bonds is 4. The molecular weight excluding hydrogens is 280 g/mol. The number of carbonyl (C=O) groups is 2. The molecule has 4 atom stereocenters. The number of urea groups is 1. The quantitative estimate of drug-likeness (QED) is 0.585. The molecule has 1 fully saturated rings. The summed E-state index contributed by atoms with van der Waals surface area (Å²) in [6.07, 6.45) is -1.23. The summed E-state index contributed by atoms with van der Waals surface area (Å²) in [5.41, 5.74) is 0. The molecule has 0 radical (unpaired) electrons. The van der Waals surface area contributed by atoms with E-state index in [0.29, 0.717) is 6.54 Å². The molecule has 0 aromatic carbocycles. The van der Waals surface area contributed by atoms with Gasteiger partial charge in [-0.05, 0) is 6.08 Å². The Kier molecular flexibility index (Phi) is 4.81.